The molecule has 6 nitrogen and oxygen atoms in total. The molecule has 0 heterocycles. The minimum atomic E-state index is -0.764. The van der Waals surface area contributed by atoms with E-state index in [-0.39, 0.29) is 0 Å². The van der Waals surface area contributed by atoms with Gasteiger partial charge in [-0.25, -0.2) is 4.79 Å². The monoisotopic (exact) mass is 184 g/mol. The molecule has 0 saturated carbocycles. The van der Waals surface area contributed by atoms with Gasteiger partial charge in [0, 0.05) is 6.54 Å². The maximum atomic E-state index is 10.6. The van der Waals surface area contributed by atoms with Crippen LogP contribution >= 0.6 is 0 Å². The van der Waals surface area contributed by atoms with E-state index < -0.39 is 17.9 Å². The van der Waals surface area contributed by atoms with Gasteiger partial charge in [-0.05, 0) is 12.8 Å². The van der Waals surface area contributed by atoms with Gasteiger partial charge in [0.2, 0.25) is 5.78 Å². The molecular weight excluding hydrogens is 172 g/mol. The van der Waals surface area contributed by atoms with Crippen LogP contribution in [0.4, 0.5) is 4.79 Å². The predicted octanol–water partition coefficient (Wildman–Crippen LogP) is -1.15. The number of primary amides is 1. The third-order valence-electron chi connectivity index (χ3n) is 1.44. The fourth-order valence-corrected chi connectivity index (χ4v) is 0.748. The SMILES string of the molecule is N#CC(=O)[C@@H](N)CCCNC(N)=O. The van der Waals surface area contributed by atoms with Crippen LogP contribution in [-0.4, -0.2) is 24.4 Å². The van der Waals surface area contributed by atoms with E-state index >= 15 is 0 Å². The zero-order valence-electron chi connectivity index (χ0n) is 7.12. The third-order valence-corrected chi connectivity index (χ3v) is 1.44. The summed E-state index contributed by atoms with van der Waals surface area (Å²) in [6.45, 7) is 0.363. The molecular formula is C7H12N4O2. The summed E-state index contributed by atoms with van der Waals surface area (Å²) < 4.78 is 0. The van der Waals surface area contributed by atoms with E-state index in [4.69, 9.17) is 16.7 Å². The van der Waals surface area contributed by atoms with Gasteiger partial charge in [0.15, 0.2) is 0 Å². The number of carbonyl (C=O) groups excluding carboxylic acids is 2. The summed E-state index contributed by atoms with van der Waals surface area (Å²) in [5.74, 6) is -0.640. The number of urea groups is 1. The minimum Gasteiger partial charge on any atom is -0.352 e. The van der Waals surface area contributed by atoms with Crippen molar-refractivity contribution in [3.8, 4) is 6.07 Å². The fraction of sp³-hybridized carbons (Fsp3) is 0.571. The lowest BCUT2D eigenvalue weighted by atomic mass is 10.1. The van der Waals surface area contributed by atoms with Gasteiger partial charge in [-0.3, -0.25) is 4.79 Å². The Labute approximate surface area is 75.9 Å². The molecule has 72 valence electrons. The van der Waals surface area contributed by atoms with Crippen LogP contribution in [0.2, 0.25) is 0 Å². The largest absolute Gasteiger partial charge is 0.352 e. The normalized spacial score (nSPS) is 11.4. The van der Waals surface area contributed by atoms with Crippen molar-refractivity contribution < 1.29 is 9.59 Å². The summed E-state index contributed by atoms with van der Waals surface area (Å²) in [4.78, 5) is 20.8. The van der Waals surface area contributed by atoms with Gasteiger partial charge in [0.05, 0.1) is 6.04 Å². The first-order valence-electron chi connectivity index (χ1n) is 3.80. The van der Waals surface area contributed by atoms with Gasteiger partial charge in [0.1, 0.15) is 6.07 Å². The zero-order chi connectivity index (χ0) is 10.3. The number of nitrogens with one attached hydrogen (secondary N) is 1. The lowest BCUT2D eigenvalue weighted by Crippen LogP contribution is -2.33. The van der Waals surface area contributed by atoms with E-state index in [1.165, 1.54) is 6.07 Å². The summed E-state index contributed by atoms with van der Waals surface area (Å²) in [6.07, 6.45) is 0.893. The molecule has 0 fully saturated rings. The van der Waals surface area contributed by atoms with Gasteiger partial charge < -0.3 is 16.8 Å². The lowest BCUT2D eigenvalue weighted by molar-refractivity contribution is -0.115. The molecule has 0 aromatic heterocycles. The summed E-state index contributed by atoms with van der Waals surface area (Å²) in [5.41, 5.74) is 10.1. The number of ketones is 1. The molecule has 2 amide bonds. The van der Waals surface area contributed by atoms with E-state index in [1.807, 2.05) is 0 Å². The first-order valence-corrected chi connectivity index (χ1v) is 3.80. The summed E-state index contributed by atoms with van der Waals surface area (Å²) in [6, 6.07) is 0.0633. The fourth-order valence-electron chi connectivity index (χ4n) is 0.748. The van der Waals surface area contributed by atoms with E-state index in [0.717, 1.165) is 0 Å². The van der Waals surface area contributed by atoms with Crippen molar-refractivity contribution in [2.24, 2.45) is 11.5 Å². The van der Waals surface area contributed by atoms with Crippen molar-refractivity contribution in [3.63, 3.8) is 0 Å². The second kappa shape index (κ2) is 5.97. The Morgan fingerprint density at radius 1 is 1.54 bits per heavy atom. The lowest BCUT2D eigenvalue weighted by Gasteiger charge is -2.05. The maximum absolute atomic E-state index is 10.6. The van der Waals surface area contributed by atoms with Crippen LogP contribution in [0.15, 0.2) is 0 Å². The Hall–Kier alpha value is -1.61. The molecule has 0 aromatic rings. The van der Waals surface area contributed by atoms with Crippen molar-refractivity contribution in [1.82, 2.24) is 5.32 Å². The van der Waals surface area contributed by atoms with Crippen LogP contribution in [0.5, 0.6) is 0 Å². The molecule has 13 heavy (non-hydrogen) atoms. The first-order chi connectivity index (χ1) is 6.07. The highest BCUT2D eigenvalue weighted by Gasteiger charge is 2.11. The number of rotatable bonds is 5. The Balaban J connectivity index is 3.49. The van der Waals surface area contributed by atoms with Gasteiger partial charge in [-0.2, -0.15) is 5.26 Å². The van der Waals surface area contributed by atoms with Crippen molar-refractivity contribution in [1.29, 1.82) is 5.26 Å². The molecule has 0 aliphatic rings. The molecule has 1 atom stereocenters. The van der Waals surface area contributed by atoms with E-state index in [0.29, 0.717) is 19.4 Å². The number of carbonyl (C=O) groups is 2. The number of nitrogens with zero attached hydrogens (tertiary/aromatic N) is 1. The van der Waals surface area contributed by atoms with Gasteiger partial charge in [0.25, 0.3) is 0 Å². The summed E-state index contributed by atoms with van der Waals surface area (Å²) in [7, 11) is 0. The zero-order valence-corrected chi connectivity index (χ0v) is 7.12. The van der Waals surface area contributed by atoms with Crippen LogP contribution < -0.4 is 16.8 Å². The molecule has 0 aromatic carbocycles. The quantitative estimate of drug-likeness (QED) is 0.369. The van der Waals surface area contributed by atoms with Crippen molar-refractivity contribution in [2.45, 2.75) is 18.9 Å². The first kappa shape index (κ1) is 11.4. The Bertz CT molecular complexity index is 233. The molecule has 0 spiro atoms. The predicted molar refractivity (Wildman–Crippen MR) is 45.4 cm³/mol. The average Bonchev–Trinajstić information content (AvgIpc) is 2.10. The van der Waals surface area contributed by atoms with Gasteiger partial charge >= 0.3 is 6.03 Å². The van der Waals surface area contributed by atoms with Crippen LogP contribution in [-0.2, 0) is 4.79 Å². The molecule has 0 unspecified atom stereocenters. The topological polar surface area (TPSA) is 122 Å². The molecule has 5 N–H and O–H groups in total. The van der Waals surface area contributed by atoms with Gasteiger partial charge in [-0.1, -0.05) is 0 Å². The highest BCUT2D eigenvalue weighted by atomic mass is 16.2. The highest BCUT2D eigenvalue weighted by Crippen LogP contribution is 1.93. The van der Waals surface area contributed by atoms with Crippen LogP contribution in [0.25, 0.3) is 0 Å². The Morgan fingerprint density at radius 2 is 2.15 bits per heavy atom. The standard InChI is InChI=1S/C7H12N4O2/c8-4-6(12)5(9)2-1-3-11-7(10)13/h5H,1-3,9H2,(H3,10,11,13)/t5-/m0/s1. The molecule has 0 aliphatic carbocycles. The van der Waals surface area contributed by atoms with Crippen LogP contribution in [0, 0.1) is 11.3 Å². The van der Waals surface area contributed by atoms with Crippen molar-refractivity contribution in [2.75, 3.05) is 6.54 Å². The number of hydrogen-bond acceptors (Lipinski definition) is 4. The molecule has 0 saturated heterocycles. The Morgan fingerprint density at radius 3 is 2.62 bits per heavy atom. The third kappa shape index (κ3) is 5.64. The van der Waals surface area contributed by atoms with Crippen LogP contribution in [0.1, 0.15) is 12.8 Å². The molecule has 0 bridgehead atoms. The number of nitriles is 1. The smallest absolute Gasteiger partial charge is 0.312 e. The molecule has 0 rings (SSSR count). The number of amides is 2. The second-order valence-electron chi connectivity index (χ2n) is 2.52. The van der Waals surface area contributed by atoms with E-state index in [2.05, 4.69) is 5.32 Å². The molecule has 0 radical (unpaired) electrons. The molecule has 0 aliphatic heterocycles. The van der Waals surface area contributed by atoms with Crippen molar-refractivity contribution in [3.05, 3.63) is 0 Å². The number of hydrogen-bond donors (Lipinski definition) is 3. The summed E-state index contributed by atoms with van der Waals surface area (Å²) in [5, 5.41) is 10.5. The number of nitrogens with two attached hydrogens (primary N) is 2. The summed E-state index contributed by atoms with van der Waals surface area (Å²) >= 11 is 0. The second-order valence-corrected chi connectivity index (χ2v) is 2.52. The van der Waals surface area contributed by atoms with Crippen LogP contribution in [0.3, 0.4) is 0 Å². The van der Waals surface area contributed by atoms with E-state index in [9.17, 15) is 9.59 Å². The van der Waals surface area contributed by atoms with Crippen molar-refractivity contribution >= 4 is 11.8 Å². The van der Waals surface area contributed by atoms with E-state index in [1.54, 1.807) is 0 Å². The highest BCUT2D eigenvalue weighted by molar-refractivity contribution is 5.97. The average molecular weight is 184 g/mol. The number of Topliss-reactive ketones (excluding diaryl/α,β-unsaturated/α-hetero) is 1. The minimum absolute atomic E-state index is 0.363. The van der Waals surface area contributed by atoms with Gasteiger partial charge in [-0.15, -0.1) is 0 Å². The molecule has 6 heteroatoms. The Kier molecular flexibility index (Phi) is 5.23. The maximum Gasteiger partial charge on any atom is 0.312 e.